The Hall–Kier alpha value is -3.77. The summed E-state index contributed by atoms with van der Waals surface area (Å²) in [5.74, 6) is 2.10. The van der Waals surface area contributed by atoms with E-state index in [1.54, 1.807) is 18.6 Å². The largest absolute Gasteiger partial charge is 0.367 e. The van der Waals surface area contributed by atoms with Crippen molar-refractivity contribution in [2.75, 3.05) is 41.7 Å². The van der Waals surface area contributed by atoms with E-state index in [4.69, 9.17) is 0 Å². The normalized spacial score (nSPS) is 16.4. The minimum absolute atomic E-state index is 0.460. The summed E-state index contributed by atoms with van der Waals surface area (Å²) in [7, 11) is 0. The maximum absolute atomic E-state index is 9.65. The zero-order valence-electron chi connectivity index (χ0n) is 18.5. The molecule has 5 rings (SSSR count). The number of hydrogen-bond donors (Lipinski definition) is 3. The number of rotatable bonds is 6. The predicted molar refractivity (Wildman–Crippen MR) is 128 cm³/mol. The lowest BCUT2D eigenvalue weighted by Gasteiger charge is -2.24. The molecule has 2 aliphatic heterocycles. The zero-order valence-corrected chi connectivity index (χ0v) is 18.5. The third-order valence-corrected chi connectivity index (χ3v) is 6.05. The molecule has 0 aromatic carbocycles. The van der Waals surface area contributed by atoms with E-state index in [-0.39, 0.29) is 0 Å². The molecule has 0 radical (unpaired) electrons. The van der Waals surface area contributed by atoms with E-state index in [0.717, 1.165) is 74.7 Å². The molecule has 3 aromatic rings. The van der Waals surface area contributed by atoms with E-state index in [9.17, 15) is 5.26 Å². The lowest BCUT2D eigenvalue weighted by Crippen LogP contribution is -2.35. The van der Waals surface area contributed by atoms with Crippen molar-refractivity contribution in [3.8, 4) is 17.3 Å². The number of pyridine rings is 2. The summed E-state index contributed by atoms with van der Waals surface area (Å²) in [4.78, 5) is 20.2. The average Bonchev–Trinajstić information content (AvgIpc) is 3.41. The predicted octanol–water partition coefficient (Wildman–Crippen LogP) is 3.31. The van der Waals surface area contributed by atoms with Gasteiger partial charge in [0.05, 0.1) is 23.1 Å². The van der Waals surface area contributed by atoms with Crippen LogP contribution < -0.4 is 20.9 Å². The van der Waals surface area contributed by atoms with E-state index in [1.165, 1.54) is 0 Å². The van der Waals surface area contributed by atoms with Gasteiger partial charge in [0.1, 0.15) is 17.7 Å². The lowest BCUT2D eigenvalue weighted by molar-refractivity contribution is 0.478. The van der Waals surface area contributed by atoms with E-state index in [2.05, 4.69) is 46.9 Å². The first-order valence-electron chi connectivity index (χ1n) is 11.5. The molecule has 3 aromatic heterocycles. The number of nitrogens with zero attached hydrogens (tertiary/aromatic N) is 6. The van der Waals surface area contributed by atoms with Gasteiger partial charge in [-0.05, 0) is 63.0 Å². The second kappa shape index (κ2) is 9.79. The molecule has 2 fully saturated rings. The fourth-order valence-electron chi connectivity index (χ4n) is 4.30. The summed E-state index contributed by atoms with van der Waals surface area (Å²) in [5.41, 5.74) is 2.88. The van der Waals surface area contributed by atoms with E-state index < -0.39 is 0 Å². The fraction of sp³-hybridized carbons (Fsp3) is 0.375. The monoisotopic (exact) mass is 441 g/mol. The van der Waals surface area contributed by atoms with Gasteiger partial charge in [-0.1, -0.05) is 0 Å². The maximum atomic E-state index is 9.65. The number of aromatic nitrogens is 4. The molecule has 5 heterocycles. The molecule has 0 atom stereocenters. The molecular formula is C24H27N9. The topological polar surface area (TPSA) is 115 Å². The highest BCUT2D eigenvalue weighted by molar-refractivity contribution is 5.67. The molecule has 3 N–H and O–H groups in total. The number of nitrogens with one attached hydrogen (secondary N) is 3. The van der Waals surface area contributed by atoms with Crippen LogP contribution in [0.25, 0.3) is 11.3 Å². The second-order valence-corrected chi connectivity index (χ2v) is 8.39. The summed E-state index contributed by atoms with van der Waals surface area (Å²) in [6.07, 6.45) is 9.74. The molecule has 9 heteroatoms. The van der Waals surface area contributed by atoms with Crippen LogP contribution in [0.3, 0.4) is 0 Å². The third-order valence-electron chi connectivity index (χ3n) is 6.05. The molecule has 0 aliphatic carbocycles. The van der Waals surface area contributed by atoms with Gasteiger partial charge in [0.15, 0.2) is 0 Å². The maximum Gasteiger partial charge on any atom is 0.227 e. The molecular weight excluding hydrogens is 414 g/mol. The molecule has 0 saturated carbocycles. The molecule has 168 valence electrons. The standard InChI is InChI=1S/C24H27N9/c25-14-17-13-18(15-29-23(17)33-11-1-2-12-33)21-7-10-27-24(32-21)31-20-3-4-22(28-16-20)30-19-5-8-26-9-6-19/h3-4,7,10,13,15-16,19,26H,1-2,5-6,8-9,11-12H2,(H,28,30)(H,27,31,32). The summed E-state index contributed by atoms with van der Waals surface area (Å²) >= 11 is 0. The van der Waals surface area contributed by atoms with Crippen LogP contribution in [0.2, 0.25) is 0 Å². The Labute approximate surface area is 193 Å². The molecule has 0 unspecified atom stereocenters. The van der Waals surface area contributed by atoms with Crippen LogP contribution in [0.15, 0.2) is 42.9 Å². The van der Waals surface area contributed by atoms with Crippen molar-refractivity contribution in [1.82, 2.24) is 25.3 Å². The highest BCUT2D eigenvalue weighted by Gasteiger charge is 2.18. The van der Waals surface area contributed by atoms with Gasteiger partial charge in [-0.2, -0.15) is 5.26 Å². The van der Waals surface area contributed by atoms with Crippen LogP contribution in [-0.2, 0) is 0 Å². The van der Waals surface area contributed by atoms with Crippen molar-refractivity contribution in [2.45, 2.75) is 31.7 Å². The Balaban J connectivity index is 1.29. The molecule has 33 heavy (non-hydrogen) atoms. The Morgan fingerprint density at radius 2 is 1.88 bits per heavy atom. The SMILES string of the molecule is N#Cc1cc(-c2ccnc(Nc3ccc(NC4CCNCC4)nc3)n2)cnc1N1CCCC1. The van der Waals surface area contributed by atoms with Gasteiger partial charge in [0.25, 0.3) is 0 Å². The van der Waals surface area contributed by atoms with Gasteiger partial charge >= 0.3 is 0 Å². The lowest BCUT2D eigenvalue weighted by atomic mass is 10.1. The summed E-state index contributed by atoms with van der Waals surface area (Å²) < 4.78 is 0. The van der Waals surface area contributed by atoms with Gasteiger partial charge in [0.2, 0.25) is 5.95 Å². The van der Waals surface area contributed by atoms with E-state index >= 15 is 0 Å². The van der Waals surface area contributed by atoms with Gasteiger partial charge in [-0.3, -0.25) is 0 Å². The van der Waals surface area contributed by atoms with Crippen molar-refractivity contribution in [3.63, 3.8) is 0 Å². The molecule has 0 bridgehead atoms. The Morgan fingerprint density at radius 3 is 2.64 bits per heavy atom. The van der Waals surface area contributed by atoms with Gasteiger partial charge in [-0.15, -0.1) is 0 Å². The molecule has 2 aliphatic rings. The molecule has 0 spiro atoms. The van der Waals surface area contributed by atoms with Gasteiger partial charge in [-0.25, -0.2) is 19.9 Å². The van der Waals surface area contributed by atoms with Crippen LogP contribution >= 0.6 is 0 Å². The minimum atomic E-state index is 0.460. The van der Waals surface area contributed by atoms with Crippen LogP contribution in [0, 0.1) is 11.3 Å². The Bertz CT molecular complexity index is 1130. The minimum Gasteiger partial charge on any atom is -0.367 e. The van der Waals surface area contributed by atoms with E-state index in [1.807, 2.05) is 24.3 Å². The highest BCUT2D eigenvalue weighted by atomic mass is 15.2. The number of piperidine rings is 1. The highest BCUT2D eigenvalue weighted by Crippen LogP contribution is 2.27. The van der Waals surface area contributed by atoms with Crippen LogP contribution in [-0.4, -0.2) is 52.2 Å². The molecule has 0 amide bonds. The smallest absolute Gasteiger partial charge is 0.227 e. The first-order chi connectivity index (χ1) is 16.3. The summed E-state index contributed by atoms with van der Waals surface area (Å²) in [6, 6.07) is 10.4. The second-order valence-electron chi connectivity index (χ2n) is 8.39. The van der Waals surface area contributed by atoms with E-state index in [0.29, 0.717) is 23.2 Å². The number of nitriles is 1. The number of hydrogen-bond acceptors (Lipinski definition) is 9. The fourth-order valence-corrected chi connectivity index (χ4v) is 4.30. The Morgan fingerprint density at radius 1 is 1.03 bits per heavy atom. The summed E-state index contributed by atoms with van der Waals surface area (Å²) in [6.45, 7) is 3.97. The van der Waals surface area contributed by atoms with Crippen LogP contribution in [0.1, 0.15) is 31.2 Å². The van der Waals surface area contributed by atoms with Crippen molar-refractivity contribution >= 4 is 23.3 Å². The first-order valence-corrected chi connectivity index (χ1v) is 11.5. The van der Waals surface area contributed by atoms with Crippen molar-refractivity contribution < 1.29 is 0 Å². The van der Waals surface area contributed by atoms with Crippen LogP contribution in [0.5, 0.6) is 0 Å². The quantitative estimate of drug-likeness (QED) is 0.530. The average molecular weight is 442 g/mol. The number of anilines is 4. The first kappa shape index (κ1) is 21.1. The van der Waals surface area contributed by atoms with Gasteiger partial charge < -0.3 is 20.9 Å². The van der Waals surface area contributed by atoms with Crippen molar-refractivity contribution in [2.24, 2.45) is 0 Å². The third kappa shape index (κ3) is 5.02. The zero-order chi connectivity index (χ0) is 22.5. The Kier molecular flexibility index (Phi) is 6.26. The van der Waals surface area contributed by atoms with Crippen molar-refractivity contribution in [1.29, 1.82) is 5.26 Å². The van der Waals surface area contributed by atoms with Crippen LogP contribution in [0.4, 0.5) is 23.3 Å². The summed E-state index contributed by atoms with van der Waals surface area (Å²) in [5, 5.41) is 19.7. The van der Waals surface area contributed by atoms with Gasteiger partial charge in [0, 0.05) is 37.1 Å². The van der Waals surface area contributed by atoms with Crippen molar-refractivity contribution in [3.05, 3.63) is 48.4 Å². The molecule has 9 nitrogen and oxygen atoms in total. The molecule has 2 saturated heterocycles.